The molecule has 0 saturated carbocycles. The summed E-state index contributed by atoms with van der Waals surface area (Å²) in [4.78, 5) is 26.6. The highest BCUT2D eigenvalue weighted by Gasteiger charge is 2.60. The first kappa shape index (κ1) is 29.1. The highest BCUT2D eigenvalue weighted by molar-refractivity contribution is 6.74. The van der Waals surface area contributed by atoms with E-state index in [1.54, 1.807) is 0 Å². The molecule has 0 radical (unpaired) electrons. The summed E-state index contributed by atoms with van der Waals surface area (Å²) < 4.78 is 26.9. The van der Waals surface area contributed by atoms with Gasteiger partial charge in [0.25, 0.3) is 5.56 Å². The predicted octanol–water partition coefficient (Wildman–Crippen LogP) is 3.22. The zero-order valence-corrected chi connectivity index (χ0v) is 24.6. The summed E-state index contributed by atoms with van der Waals surface area (Å²) in [5.74, 6) is 0. The summed E-state index contributed by atoms with van der Waals surface area (Å²) in [6.07, 6.45) is -0.951. The van der Waals surface area contributed by atoms with E-state index < -0.39 is 51.9 Å². The number of aliphatic hydroxyl groups is 1. The van der Waals surface area contributed by atoms with Crippen LogP contribution >= 0.6 is 0 Å². The first-order valence-electron chi connectivity index (χ1n) is 11.8. The molecule has 1 aromatic heterocycles. The fraction of sp³-hybridized carbons (Fsp3) is 0.826. The van der Waals surface area contributed by atoms with E-state index in [4.69, 9.17) is 18.3 Å². The first-order chi connectivity index (χ1) is 15.3. The molecule has 0 aromatic carbocycles. The zero-order chi connectivity index (χ0) is 26.3. The van der Waals surface area contributed by atoms with E-state index >= 15 is 0 Å². The Bertz CT molecular complexity index is 962. The molecule has 1 fully saturated rings. The van der Waals surface area contributed by atoms with Crippen molar-refractivity contribution in [3.63, 3.8) is 0 Å². The largest absolute Gasteiger partial charge is 0.414 e. The minimum atomic E-state index is -2.36. The Morgan fingerprint density at radius 1 is 1.09 bits per heavy atom. The van der Waals surface area contributed by atoms with Crippen molar-refractivity contribution in [1.29, 1.82) is 0 Å². The molecule has 4 atom stereocenters. The van der Waals surface area contributed by atoms with Crippen molar-refractivity contribution in [2.24, 2.45) is 0 Å². The van der Waals surface area contributed by atoms with Gasteiger partial charge in [0, 0.05) is 19.4 Å². The number of aromatic amines is 1. The van der Waals surface area contributed by atoms with Gasteiger partial charge in [0.05, 0.1) is 13.2 Å². The fourth-order valence-electron chi connectivity index (χ4n) is 3.38. The normalized spacial score (nSPS) is 26.8. The highest BCUT2D eigenvalue weighted by atomic mass is 28.4. The maximum atomic E-state index is 12.6. The molecule has 11 heteroatoms. The number of rotatable bonds is 8. The van der Waals surface area contributed by atoms with Crippen LogP contribution in [0.5, 0.6) is 0 Å². The Labute approximate surface area is 205 Å². The van der Waals surface area contributed by atoms with Crippen LogP contribution in [-0.2, 0) is 18.3 Å². The third kappa shape index (κ3) is 5.66. The van der Waals surface area contributed by atoms with Gasteiger partial charge in [-0.2, -0.15) is 0 Å². The van der Waals surface area contributed by atoms with Crippen LogP contribution in [0, 0.1) is 0 Å². The Morgan fingerprint density at radius 2 is 1.65 bits per heavy atom. The summed E-state index contributed by atoms with van der Waals surface area (Å²) in [5.41, 5.74) is -2.38. The standard InChI is InChI=1S/C23H44N2O7Si2/c1-21(2,3)33(8,9)30-15-23(14-26)18(32-34(10,11)22(4,5)6)17(29-7)19(31-23)25-13-12-16(27)24-20(25)28/h12-13,17-19,26H,14-15H2,1-11H3,(H,24,27,28)/t17-,18-,19+,23+/m0/s1. The molecule has 9 nitrogen and oxygen atoms in total. The van der Waals surface area contributed by atoms with Gasteiger partial charge in [-0.15, -0.1) is 0 Å². The lowest BCUT2D eigenvalue weighted by molar-refractivity contribution is -0.146. The van der Waals surface area contributed by atoms with Gasteiger partial charge < -0.3 is 23.4 Å². The van der Waals surface area contributed by atoms with Gasteiger partial charge in [0.2, 0.25) is 0 Å². The SMILES string of the molecule is CO[C@@H]1[C@H](n2ccc(=O)[nH]c2=O)O[C@](CO)(CO[Si](C)(C)C(C)(C)C)[C@H]1O[Si](C)(C)C(C)(C)C. The minimum Gasteiger partial charge on any atom is -0.414 e. The van der Waals surface area contributed by atoms with E-state index in [-0.39, 0.29) is 23.3 Å². The molecule has 1 saturated heterocycles. The monoisotopic (exact) mass is 516 g/mol. The molecule has 0 unspecified atom stereocenters. The van der Waals surface area contributed by atoms with Gasteiger partial charge in [0.15, 0.2) is 22.9 Å². The van der Waals surface area contributed by atoms with Crippen LogP contribution in [0.3, 0.4) is 0 Å². The lowest BCUT2D eigenvalue weighted by atomic mass is 9.97. The van der Waals surface area contributed by atoms with Crippen LogP contribution < -0.4 is 11.2 Å². The molecule has 0 amide bonds. The topological polar surface area (TPSA) is 112 Å². The van der Waals surface area contributed by atoms with Crippen LogP contribution in [0.2, 0.25) is 36.3 Å². The van der Waals surface area contributed by atoms with Crippen LogP contribution in [0.25, 0.3) is 0 Å². The second kappa shape index (κ2) is 9.76. The van der Waals surface area contributed by atoms with E-state index in [9.17, 15) is 14.7 Å². The van der Waals surface area contributed by atoms with Gasteiger partial charge >= 0.3 is 5.69 Å². The van der Waals surface area contributed by atoms with Crippen molar-refractivity contribution in [2.45, 2.75) is 102 Å². The summed E-state index contributed by atoms with van der Waals surface area (Å²) in [7, 11) is -3.03. The Hall–Kier alpha value is -1.09. The van der Waals surface area contributed by atoms with Gasteiger partial charge in [-0.3, -0.25) is 14.3 Å². The van der Waals surface area contributed by atoms with Crippen molar-refractivity contribution in [1.82, 2.24) is 9.55 Å². The average Bonchev–Trinajstić information content (AvgIpc) is 2.97. The number of nitrogens with one attached hydrogen (secondary N) is 1. The van der Waals surface area contributed by atoms with Crippen LogP contribution in [0.15, 0.2) is 21.9 Å². The molecule has 0 spiro atoms. The molecular weight excluding hydrogens is 472 g/mol. The Balaban J connectivity index is 2.60. The van der Waals surface area contributed by atoms with Gasteiger partial charge in [-0.25, -0.2) is 4.79 Å². The predicted molar refractivity (Wildman–Crippen MR) is 137 cm³/mol. The van der Waals surface area contributed by atoms with E-state index in [1.165, 1.54) is 23.9 Å². The lowest BCUT2D eigenvalue weighted by Crippen LogP contribution is -2.59. The molecule has 1 aromatic rings. The van der Waals surface area contributed by atoms with Crippen LogP contribution in [0.4, 0.5) is 0 Å². The Kier molecular flexibility index (Phi) is 8.36. The smallest absolute Gasteiger partial charge is 0.330 e. The third-order valence-corrected chi connectivity index (χ3v) is 16.8. The quantitative estimate of drug-likeness (QED) is 0.510. The number of methoxy groups -OCH3 is 1. The number of hydrogen-bond acceptors (Lipinski definition) is 7. The maximum absolute atomic E-state index is 12.6. The molecular formula is C23H44N2O7Si2. The Morgan fingerprint density at radius 3 is 2.09 bits per heavy atom. The van der Waals surface area contributed by atoms with Crippen molar-refractivity contribution in [2.75, 3.05) is 20.3 Å². The molecule has 1 aliphatic rings. The van der Waals surface area contributed by atoms with Crippen molar-refractivity contribution in [3.05, 3.63) is 33.1 Å². The highest BCUT2D eigenvalue weighted by Crippen LogP contribution is 2.46. The van der Waals surface area contributed by atoms with E-state index in [0.717, 1.165) is 0 Å². The number of aliphatic hydroxyl groups excluding tert-OH is 1. The van der Waals surface area contributed by atoms with Gasteiger partial charge in [-0.05, 0) is 36.3 Å². The summed E-state index contributed by atoms with van der Waals surface area (Å²) >= 11 is 0. The van der Waals surface area contributed by atoms with Crippen molar-refractivity contribution < 1.29 is 23.4 Å². The van der Waals surface area contributed by atoms with Crippen molar-refractivity contribution >= 4 is 16.6 Å². The summed E-state index contributed by atoms with van der Waals surface area (Å²) in [5, 5.41) is 10.6. The first-order valence-corrected chi connectivity index (χ1v) is 17.6. The van der Waals surface area contributed by atoms with Crippen LogP contribution in [0.1, 0.15) is 47.8 Å². The summed E-state index contributed by atoms with van der Waals surface area (Å²) in [6, 6.07) is 1.26. The number of ether oxygens (including phenoxy) is 2. The molecule has 2 N–H and O–H groups in total. The van der Waals surface area contributed by atoms with Gasteiger partial charge in [0.1, 0.15) is 17.8 Å². The second-order valence-electron chi connectivity index (χ2n) is 12.3. The minimum absolute atomic E-state index is 0.0477. The van der Waals surface area contributed by atoms with E-state index in [2.05, 4.69) is 72.7 Å². The molecule has 196 valence electrons. The van der Waals surface area contributed by atoms with Crippen LogP contribution in [-0.4, -0.2) is 69.4 Å². The molecule has 34 heavy (non-hydrogen) atoms. The zero-order valence-electron chi connectivity index (χ0n) is 22.6. The second-order valence-corrected chi connectivity index (χ2v) is 21.9. The maximum Gasteiger partial charge on any atom is 0.330 e. The number of H-pyrrole nitrogens is 1. The molecule has 0 aliphatic carbocycles. The molecule has 2 heterocycles. The van der Waals surface area contributed by atoms with Gasteiger partial charge in [-0.1, -0.05) is 41.5 Å². The third-order valence-electron chi connectivity index (χ3n) is 7.83. The number of nitrogens with zero attached hydrogens (tertiary/aromatic N) is 1. The molecule has 1 aliphatic heterocycles. The van der Waals surface area contributed by atoms with E-state index in [0.29, 0.717) is 0 Å². The number of hydrogen-bond donors (Lipinski definition) is 2. The fourth-order valence-corrected chi connectivity index (χ4v) is 5.76. The van der Waals surface area contributed by atoms with Crippen molar-refractivity contribution in [3.8, 4) is 0 Å². The lowest BCUT2D eigenvalue weighted by Gasteiger charge is -2.45. The average molecular weight is 517 g/mol. The van der Waals surface area contributed by atoms with E-state index in [1.807, 2.05) is 0 Å². The molecule has 0 bridgehead atoms. The molecule has 2 rings (SSSR count). The number of aromatic nitrogens is 2. The summed E-state index contributed by atoms with van der Waals surface area (Å²) in [6.45, 7) is 21.0.